The first-order valence-electron chi connectivity index (χ1n) is 3.42. The van der Waals surface area contributed by atoms with E-state index in [9.17, 15) is 14.4 Å². The van der Waals surface area contributed by atoms with E-state index in [0.29, 0.717) is 0 Å². The number of hydrogen-bond donors (Lipinski definition) is 2. The summed E-state index contributed by atoms with van der Waals surface area (Å²) in [5.74, 6) is -1.82. The number of nitrogens with zero attached hydrogens (tertiary/aromatic N) is 2. The van der Waals surface area contributed by atoms with Crippen LogP contribution in [-0.2, 0) is 9.59 Å². The summed E-state index contributed by atoms with van der Waals surface area (Å²) in [5, 5.41) is 10.9. The summed E-state index contributed by atoms with van der Waals surface area (Å²) in [6.07, 6.45) is 2.50. The average Bonchev–Trinajstić information content (AvgIpc) is 2.50. The van der Waals surface area contributed by atoms with E-state index >= 15 is 0 Å². The number of nitrogens with one attached hydrogen (secondary N) is 2. The van der Waals surface area contributed by atoms with Crippen LogP contribution in [0.5, 0.6) is 0 Å². The van der Waals surface area contributed by atoms with Crippen molar-refractivity contribution in [2.24, 2.45) is 10.2 Å². The van der Waals surface area contributed by atoms with Crippen molar-refractivity contribution in [2.45, 2.75) is 5.66 Å². The molecule has 0 bridgehead atoms. The molecule has 0 aromatic heterocycles. The van der Waals surface area contributed by atoms with Crippen LogP contribution in [0.25, 0.3) is 0 Å². The second-order valence-electron chi connectivity index (χ2n) is 2.53. The molecule has 1 fully saturated rings. The molecule has 7 heteroatoms. The predicted molar refractivity (Wildman–Crippen MR) is 38.4 cm³/mol. The molecule has 0 aromatic carbocycles. The summed E-state index contributed by atoms with van der Waals surface area (Å²) in [4.78, 5) is 33.0. The molecule has 2 N–H and O–H groups in total. The van der Waals surface area contributed by atoms with Gasteiger partial charge in [-0.3, -0.25) is 14.9 Å². The molecule has 3 amide bonds. The number of hydrogen-bond acceptors (Lipinski definition) is 5. The molecular weight excluding hydrogens is 176 g/mol. The number of urea groups is 1. The number of carbonyl (C=O) groups excluding carboxylic acids is 3. The maximum atomic E-state index is 11.3. The summed E-state index contributed by atoms with van der Waals surface area (Å²) in [5.41, 5.74) is -1.60. The Hall–Kier alpha value is -2.05. The van der Waals surface area contributed by atoms with Gasteiger partial charge in [-0.25, -0.2) is 4.79 Å². The molecule has 13 heavy (non-hydrogen) atoms. The quantitative estimate of drug-likeness (QED) is 0.471. The Labute approximate surface area is 71.9 Å². The van der Waals surface area contributed by atoms with Gasteiger partial charge in [-0.2, -0.15) is 5.11 Å². The lowest BCUT2D eigenvalue weighted by molar-refractivity contribution is -0.141. The fourth-order valence-corrected chi connectivity index (χ4v) is 1.08. The van der Waals surface area contributed by atoms with Gasteiger partial charge in [0.05, 0.1) is 6.20 Å². The third kappa shape index (κ3) is 0.934. The summed E-state index contributed by atoms with van der Waals surface area (Å²) in [6.45, 7) is 0. The molecular formula is C6H4N4O3. The molecule has 0 radical (unpaired) electrons. The standard InChI is InChI=1S/C6H4N4O3/c11-3-4(12)8-5(13)9-6(3)1-2-7-10-6/h1-2H,(H2,8,9,12,13). The minimum absolute atomic E-state index is 0.755. The van der Waals surface area contributed by atoms with Gasteiger partial charge in [-0.15, -0.1) is 5.11 Å². The maximum absolute atomic E-state index is 11.3. The van der Waals surface area contributed by atoms with E-state index in [1.807, 2.05) is 0 Å². The monoisotopic (exact) mass is 180 g/mol. The molecule has 2 aliphatic rings. The predicted octanol–water partition coefficient (Wildman–Crippen LogP) is -0.929. The van der Waals surface area contributed by atoms with Crippen LogP contribution in [0.15, 0.2) is 22.5 Å². The Kier molecular flexibility index (Phi) is 1.30. The minimum Gasteiger partial charge on any atom is -0.302 e. The number of carbonyl (C=O) groups is 3. The van der Waals surface area contributed by atoms with E-state index in [1.165, 1.54) is 12.3 Å². The number of ketones is 1. The number of Topliss-reactive ketones (excluding diaryl/α,β-unsaturated/α-hetero) is 1. The summed E-state index contributed by atoms with van der Waals surface area (Å²) < 4.78 is 0. The summed E-state index contributed by atoms with van der Waals surface area (Å²) >= 11 is 0. The second-order valence-corrected chi connectivity index (χ2v) is 2.53. The molecule has 0 saturated carbocycles. The topological polar surface area (TPSA) is 100.0 Å². The van der Waals surface area contributed by atoms with Crippen molar-refractivity contribution in [2.75, 3.05) is 0 Å². The molecule has 1 saturated heterocycles. The molecule has 1 unspecified atom stereocenters. The molecule has 0 aromatic rings. The van der Waals surface area contributed by atoms with Crippen LogP contribution in [0, 0.1) is 0 Å². The Balaban J connectivity index is 2.42. The molecule has 2 rings (SSSR count). The van der Waals surface area contributed by atoms with Crippen LogP contribution in [0.2, 0.25) is 0 Å². The van der Waals surface area contributed by atoms with Crippen LogP contribution < -0.4 is 10.6 Å². The Bertz CT molecular complexity index is 358. The number of azo groups is 1. The molecule has 1 spiro atoms. The van der Waals surface area contributed by atoms with Gasteiger partial charge in [0.2, 0.25) is 5.66 Å². The van der Waals surface area contributed by atoms with Crippen LogP contribution in [-0.4, -0.2) is 23.4 Å². The van der Waals surface area contributed by atoms with Crippen molar-refractivity contribution in [3.8, 4) is 0 Å². The fraction of sp³-hybridized carbons (Fsp3) is 0.167. The molecule has 2 heterocycles. The van der Waals surface area contributed by atoms with E-state index in [1.54, 1.807) is 5.32 Å². The smallest absolute Gasteiger partial charge is 0.302 e. The minimum atomic E-state index is -1.60. The Morgan fingerprint density at radius 1 is 1.31 bits per heavy atom. The van der Waals surface area contributed by atoms with Crippen molar-refractivity contribution < 1.29 is 14.4 Å². The normalized spacial score (nSPS) is 30.9. The zero-order valence-electron chi connectivity index (χ0n) is 6.27. The highest BCUT2D eigenvalue weighted by atomic mass is 16.2. The zero-order valence-corrected chi connectivity index (χ0v) is 6.27. The van der Waals surface area contributed by atoms with Gasteiger partial charge in [-0.1, -0.05) is 0 Å². The van der Waals surface area contributed by atoms with E-state index < -0.39 is 23.4 Å². The highest BCUT2D eigenvalue weighted by molar-refractivity contribution is 6.44. The molecule has 1 atom stereocenters. The van der Waals surface area contributed by atoms with Gasteiger partial charge in [0.15, 0.2) is 0 Å². The van der Waals surface area contributed by atoms with Gasteiger partial charge in [-0.05, 0) is 6.08 Å². The summed E-state index contributed by atoms with van der Waals surface area (Å²) in [6, 6.07) is -0.755. The molecule has 66 valence electrons. The van der Waals surface area contributed by atoms with Crippen LogP contribution >= 0.6 is 0 Å². The van der Waals surface area contributed by atoms with Gasteiger partial charge >= 0.3 is 11.9 Å². The van der Waals surface area contributed by atoms with Gasteiger partial charge < -0.3 is 5.32 Å². The SMILES string of the molecule is O=C1NC(=O)C(=O)C2(C=CN=N2)N1. The van der Waals surface area contributed by atoms with Gasteiger partial charge in [0.1, 0.15) is 0 Å². The highest BCUT2D eigenvalue weighted by Crippen LogP contribution is 2.19. The van der Waals surface area contributed by atoms with E-state index in [0.717, 1.165) is 0 Å². The third-order valence-corrected chi connectivity index (χ3v) is 1.68. The van der Waals surface area contributed by atoms with Crippen molar-refractivity contribution in [1.82, 2.24) is 10.6 Å². The van der Waals surface area contributed by atoms with Crippen LogP contribution in [0.3, 0.4) is 0 Å². The summed E-state index contributed by atoms with van der Waals surface area (Å²) in [7, 11) is 0. The molecule has 7 nitrogen and oxygen atoms in total. The number of rotatable bonds is 0. The third-order valence-electron chi connectivity index (χ3n) is 1.68. The number of imide groups is 1. The second kappa shape index (κ2) is 2.22. The van der Waals surface area contributed by atoms with E-state index in [4.69, 9.17) is 0 Å². The number of amides is 3. The largest absolute Gasteiger partial charge is 0.324 e. The average molecular weight is 180 g/mol. The molecule has 0 aliphatic carbocycles. The first kappa shape index (κ1) is 7.59. The highest BCUT2D eigenvalue weighted by Gasteiger charge is 2.47. The van der Waals surface area contributed by atoms with E-state index in [2.05, 4.69) is 15.5 Å². The maximum Gasteiger partial charge on any atom is 0.324 e. The zero-order chi connectivity index (χ0) is 9.47. The van der Waals surface area contributed by atoms with Crippen molar-refractivity contribution in [1.29, 1.82) is 0 Å². The Morgan fingerprint density at radius 2 is 2.08 bits per heavy atom. The lowest BCUT2D eigenvalue weighted by Crippen LogP contribution is -2.64. The lowest BCUT2D eigenvalue weighted by atomic mass is 10.0. The van der Waals surface area contributed by atoms with Crippen LogP contribution in [0.1, 0.15) is 0 Å². The van der Waals surface area contributed by atoms with E-state index in [-0.39, 0.29) is 0 Å². The van der Waals surface area contributed by atoms with Crippen LogP contribution in [0.4, 0.5) is 4.79 Å². The Morgan fingerprint density at radius 3 is 2.69 bits per heavy atom. The first-order chi connectivity index (χ1) is 6.14. The van der Waals surface area contributed by atoms with Crippen molar-refractivity contribution >= 4 is 17.7 Å². The lowest BCUT2D eigenvalue weighted by Gasteiger charge is -2.25. The molecule has 2 aliphatic heterocycles. The first-order valence-corrected chi connectivity index (χ1v) is 3.42. The van der Waals surface area contributed by atoms with Gasteiger partial charge in [0.25, 0.3) is 5.78 Å². The van der Waals surface area contributed by atoms with Crippen molar-refractivity contribution in [3.63, 3.8) is 0 Å². The fourth-order valence-electron chi connectivity index (χ4n) is 1.08. The van der Waals surface area contributed by atoms with Gasteiger partial charge in [0, 0.05) is 0 Å². The van der Waals surface area contributed by atoms with Crippen molar-refractivity contribution in [3.05, 3.63) is 12.3 Å².